The van der Waals surface area contributed by atoms with Crippen LogP contribution in [0.3, 0.4) is 0 Å². The van der Waals surface area contributed by atoms with E-state index in [0.29, 0.717) is 17.2 Å². The van der Waals surface area contributed by atoms with Crippen molar-refractivity contribution in [1.29, 1.82) is 0 Å². The lowest BCUT2D eigenvalue weighted by molar-refractivity contribution is 0.250. The highest BCUT2D eigenvalue weighted by molar-refractivity contribution is 9.10. The lowest BCUT2D eigenvalue weighted by atomic mass is 10.2. The molecule has 0 saturated carbocycles. The Morgan fingerprint density at radius 2 is 1.78 bits per heavy atom. The number of benzene rings is 1. The van der Waals surface area contributed by atoms with Gasteiger partial charge in [-0.05, 0) is 29.8 Å². The lowest BCUT2D eigenvalue weighted by Gasteiger charge is -2.14. The van der Waals surface area contributed by atoms with Gasteiger partial charge in [0.25, 0.3) is 0 Å². The van der Waals surface area contributed by atoms with Gasteiger partial charge in [0, 0.05) is 22.6 Å². The Morgan fingerprint density at radius 1 is 1.22 bits per heavy atom. The molecule has 5 nitrogen and oxygen atoms in total. The summed E-state index contributed by atoms with van der Waals surface area (Å²) >= 11 is 3.37. The molecule has 0 bridgehead atoms. The van der Waals surface area contributed by atoms with Gasteiger partial charge < -0.3 is 20.1 Å². The maximum atomic E-state index is 11.6. The number of methoxy groups -OCH3 is 2. The monoisotopic (exact) mass is 316 g/mol. The largest absolute Gasteiger partial charge is 0.493 e. The number of amides is 2. The molecule has 0 aliphatic heterocycles. The highest BCUT2D eigenvalue weighted by atomic mass is 79.9. The minimum absolute atomic E-state index is 0.0731. The maximum absolute atomic E-state index is 11.6. The van der Waals surface area contributed by atoms with Gasteiger partial charge in [-0.2, -0.15) is 0 Å². The molecule has 2 amide bonds. The maximum Gasteiger partial charge on any atom is 0.319 e. The molecule has 0 atom stereocenters. The Labute approximate surface area is 115 Å². The molecule has 0 spiro atoms. The molecule has 0 saturated heterocycles. The minimum Gasteiger partial charge on any atom is -0.493 e. The fourth-order valence-corrected chi connectivity index (χ4v) is 1.79. The first-order valence-corrected chi connectivity index (χ1v) is 6.26. The second-order valence-electron chi connectivity index (χ2n) is 3.94. The standard InChI is InChI=1S/C12H17BrN2O3/c1-7(2)14-12(16)15-9-6-11(18-4)10(17-3)5-8(9)13/h5-7H,1-4H3,(H2,14,15,16). The zero-order valence-corrected chi connectivity index (χ0v) is 12.4. The molecule has 18 heavy (non-hydrogen) atoms. The number of nitrogens with one attached hydrogen (secondary N) is 2. The van der Waals surface area contributed by atoms with Crippen molar-refractivity contribution in [3.63, 3.8) is 0 Å². The van der Waals surface area contributed by atoms with Crippen LogP contribution in [-0.4, -0.2) is 26.3 Å². The quantitative estimate of drug-likeness (QED) is 0.897. The Bertz CT molecular complexity index is 436. The molecule has 6 heteroatoms. The normalized spacial score (nSPS) is 10.1. The number of ether oxygens (including phenoxy) is 2. The van der Waals surface area contributed by atoms with E-state index in [2.05, 4.69) is 26.6 Å². The van der Waals surface area contributed by atoms with E-state index in [4.69, 9.17) is 9.47 Å². The zero-order chi connectivity index (χ0) is 13.7. The lowest BCUT2D eigenvalue weighted by Crippen LogP contribution is -2.34. The molecule has 0 fully saturated rings. The fourth-order valence-electron chi connectivity index (χ4n) is 1.37. The Hall–Kier alpha value is -1.43. The Balaban J connectivity index is 2.92. The molecule has 0 radical (unpaired) electrons. The summed E-state index contributed by atoms with van der Waals surface area (Å²) in [6, 6.07) is 3.24. The summed E-state index contributed by atoms with van der Waals surface area (Å²) in [5, 5.41) is 5.48. The van der Waals surface area contributed by atoms with Gasteiger partial charge in [0.05, 0.1) is 19.9 Å². The van der Waals surface area contributed by atoms with Crippen LogP contribution in [0.2, 0.25) is 0 Å². The number of hydrogen-bond donors (Lipinski definition) is 2. The van der Waals surface area contributed by atoms with Crippen molar-refractivity contribution in [1.82, 2.24) is 5.32 Å². The van der Waals surface area contributed by atoms with Crippen LogP contribution in [0.5, 0.6) is 11.5 Å². The zero-order valence-electron chi connectivity index (χ0n) is 10.8. The molecule has 100 valence electrons. The molecule has 1 aromatic carbocycles. The van der Waals surface area contributed by atoms with Crippen LogP contribution in [-0.2, 0) is 0 Å². The molecule has 1 rings (SSSR count). The Kier molecular flexibility index (Phi) is 5.27. The van der Waals surface area contributed by atoms with Crippen molar-refractivity contribution < 1.29 is 14.3 Å². The van der Waals surface area contributed by atoms with E-state index in [1.807, 2.05) is 13.8 Å². The molecule has 2 N–H and O–H groups in total. The fraction of sp³-hybridized carbons (Fsp3) is 0.417. The van der Waals surface area contributed by atoms with E-state index in [1.54, 1.807) is 26.4 Å². The second kappa shape index (κ2) is 6.49. The number of carbonyl (C=O) groups is 1. The summed E-state index contributed by atoms with van der Waals surface area (Å²) in [5.41, 5.74) is 0.616. The molecule has 0 aromatic heterocycles. The van der Waals surface area contributed by atoms with Gasteiger partial charge in [-0.3, -0.25) is 0 Å². The van der Waals surface area contributed by atoms with Crippen molar-refractivity contribution in [3.05, 3.63) is 16.6 Å². The van der Waals surface area contributed by atoms with Gasteiger partial charge in [0.15, 0.2) is 11.5 Å². The van der Waals surface area contributed by atoms with Crippen LogP contribution in [0.1, 0.15) is 13.8 Å². The van der Waals surface area contributed by atoms with Gasteiger partial charge >= 0.3 is 6.03 Å². The van der Waals surface area contributed by atoms with E-state index in [9.17, 15) is 4.79 Å². The third kappa shape index (κ3) is 3.80. The first kappa shape index (κ1) is 14.6. The third-order valence-corrected chi connectivity index (χ3v) is 2.80. The predicted molar refractivity (Wildman–Crippen MR) is 74.5 cm³/mol. The average molecular weight is 317 g/mol. The van der Waals surface area contributed by atoms with Crippen LogP contribution < -0.4 is 20.1 Å². The van der Waals surface area contributed by atoms with Gasteiger partial charge in [-0.25, -0.2) is 4.79 Å². The topological polar surface area (TPSA) is 59.6 Å². The smallest absolute Gasteiger partial charge is 0.319 e. The van der Waals surface area contributed by atoms with Crippen molar-refractivity contribution in [3.8, 4) is 11.5 Å². The highest BCUT2D eigenvalue weighted by Gasteiger charge is 2.12. The number of anilines is 1. The SMILES string of the molecule is COc1cc(Br)c(NC(=O)NC(C)C)cc1OC. The second-order valence-corrected chi connectivity index (χ2v) is 4.79. The van der Waals surface area contributed by atoms with Crippen molar-refractivity contribution in [2.45, 2.75) is 19.9 Å². The van der Waals surface area contributed by atoms with Crippen LogP contribution in [0.25, 0.3) is 0 Å². The van der Waals surface area contributed by atoms with Gasteiger partial charge in [0.2, 0.25) is 0 Å². The van der Waals surface area contributed by atoms with Crippen molar-refractivity contribution in [2.75, 3.05) is 19.5 Å². The number of rotatable bonds is 4. The summed E-state index contributed by atoms with van der Waals surface area (Å²) in [4.78, 5) is 11.6. The van der Waals surface area contributed by atoms with Gasteiger partial charge in [-0.1, -0.05) is 0 Å². The van der Waals surface area contributed by atoms with E-state index in [0.717, 1.165) is 4.47 Å². The minimum atomic E-state index is -0.266. The summed E-state index contributed by atoms with van der Waals surface area (Å²) < 4.78 is 11.1. The first-order valence-electron chi connectivity index (χ1n) is 5.47. The average Bonchev–Trinajstić information content (AvgIpc) is 2.30. The van der Waals surface area contributed by atoms with Crippen LogP contribution >= 0.6 is 15.9 Å². The number of urea groups is 1. The molecule has 0 aliphatic rings. The number of hydrogen-bond acceptors (Lipinski definition) is 3. The highest BCUT2D eigenvalue weighted by Crippen LogP contribution is 2.36. The number of carbonyl (C=O) groups excluding carboxylic acids is 1. The predicted octanol–water partition coefficient (Wildman–Crippen LogP) is 3.00. The molecule has 0 aliphatic carbocycles. The van der Waals surface area contributed by atoms with Crippen LogP contribution in [0, 0.1) is 0 Å². The van der Waals surface area contributed by atoms with E-state index in [-0.39, 0.29) is 12.1 Å². The van der Waals surface area contributed by atoms with E-state index >= 15 is 0 Å². The van der Waals surface area contributed by atoms with Crippen LogP contribution in [0.4, 0.5) is 10.5 Å². The van der Waals surface area contributed by atoms with Crippen molar-refractivity contribution >= 4 is 27.6 Å². The molecular weight excluding hydrogens is 300 g/mol. The Morgan fingerprint density at radius 3 is 2.28 bits per heavy atom. The summed E-state index contributed by atoms with van der Waals surface area (Å²) in [6.07, 6.45) is 0. The first-order chi connectivity index (χ1) is 8.47. The van der Waals surface area contributed by atoms with Crippen molar-refractivity contribution in [2.24, 2.45) is 0 Å². The van der Waals surface area contributed by atoms with Gasteiger partial charge in [0.1, 0.15) is 0 Å². The molecular formula is C12H17BrN2O3. The van der Waals surface area contributed by atoms with E-state index < -0.39 is 0 Å². The molecule has 1 aromatic rings. The molecule has 0 unspecified atom stereocenters. The third-order valence-electron chi connectivity index (χ3n) is 2.14. The summed E-state index contributed by atoms with van der Waals surface area (Å²) in [6.45, 7) is 3.78. The molecule has 0 heterocycles. The van der Waals surface area contributed by atoms with Gasteiger partial charge in [-0.15, -0.1) is 0 Å². The summed E-state index contributed by atoms with van der Waals surface area (Å²) in [5.74, 6) is 1.15. The van der Waals surface area contributed by atoms with E-state index in [1.165, 1.54) is 0 Å². The number of halogens is 1. The van der Waals surface area contributed by atoms with Crippen LogP contribution in [0.15, 0.2) is 16.6 Å². The summed E-state index contributed by atoms with van der Waals surface area (Å²) in [7, 11) is 3.10.